The Morgan fingerprint density at radius 3 is 2.87 bits per heavy atom. The Morgan fingerprint density at radius 1 is 1.22 bits per heavy atom. The molecule has 0 bridgehead atoms. The molecule has 0 unspecified atom stereocenters. The van der Waals surface area contributed by atoms with Crippen molar-refractivity contribution < 1.29 is 4.79 Å². The highest BCUT2D eigenvalue weighted by Crippen LogP contribution is 2.07. The van der Waals surface area contributed by atoms with E-state index in [1.165, 1.54) is 0 Å². The first kappa shape index (κ1) is 15.3. The summed E-state index contributed by atoms with van der Waals surface area (Å²) in [6.07, 6.45) is 6.92. The Labute approximate surface area is 138 Å². The fourth-order valence-electron chi connectivity index (χ4n) is 2.24. The minimum Gasteiger partial charge on any atom is -0.350 e. The Balaban J connectivity index is 1.56. The number of carbonyl (C=O) groups excluding carboxylic acids is 1. The van der Waals surface area contributed by atoms with Gasteiger partial charge in [-0.15, -0.1) is 0 Å². The Kier molecular flexibility index (Phi) is 4.73. The quantitative estimate of drug-likeness (QED) is 0.754. The maximum atomic E-state index is 12.2. The highest BCUT2D eigenvalue weighted by Gasteiger charge is 2.06. The first-order valence-corrected chi connectivity index (χ1v) is 7.61. The standard InChI is InChI=1S/C16H16ClN5O/c17-15-10-20-22(12-15)8-6-18-16(23)14-4-1-3-13(9-14)11-21-7-2-5-19-21/h1-5,7,9-10,12H,6,8,11H2,(H,18,23). The van der Waals surface area contributed by atoms with Gasteiger partial charge in [0.15, 0.2) is 0 Å². The highest BCUT2D eigenvalue weighted by molar-refractivity contribution is 6.30. The number of benzene rings is 1. The van der Waals surface area contributed by atoms with Gasteiger partial charge in [-0.3, -0.25) is 14.2 Å². The summed E-state index contributed by atoms with van der Waals surface area (Å²) in [5.74, 6) is -0.106. The molecular formula is C16H16ClN5O. The molecule has 0 aliphatic carbocycles. The van der Waals surface area contributed by atoms with Crippen LogP contribution in [0.1, 0.15) is 15.9 Å². The zero-order chi connectivity index (χ0) is 16.1. The van der Waals surface area contributed by atoms with Crippen LogP contribution < -0.4 is 5.32 Å². The number of nitrogens with zero attached hydrogens (tertiary/aromatic N) is 4. The number of nitrogens with one attached hydrogen (secondary N) is 1. The van der Waals surface area contributed by atoms with Gasteiger partial charge in [0.2, 0.25) is 0 Å². The molecule has 7 heteroatoms. The Morgan fingerprint density at radius 2 is 2.13 bits per heavy atom. The molecule has 1 amide bonds. The molecule has 6 nitrogen and oxygen atoms in total. The fraction of sp³-hybridized carbons (Fsp3) is 0.188. The van der Waals surface area contributed by atoms with Gasteiger partial charge in [0.25, 0.3) is 5.91 Å². The SMILES string of the molecule is O=C(NCCn1cc(Cl)cn1)c1cccc(Cn2cccn2)c1. The van der Waals surface area contributed by atoms with E-state index in [2.05, 4.69) is 15.5 Å². The molecule has 3 rings (SSSR count). The maximum Gasteiger partial charge on any atom is 0.251 e. The van der Waals surface area contributed by atoms with Crippen LogP contribution in [0, 0.1) is 0 Å². The highest BCUT2D eigenvalue weighted by atomic mass is 35.5. The van der Waals surface area contributed by atoms with E-state index < -0.39 is 0 Å². The van der Waals surface area contributed by atoms with Gasteiger partial charge < -0.3 is 5.32 Å². The van der Waals surface area contributed by atoms with E-state index in [0.29, 0.717) is 30.2 Å². The van der Waals surface area contributed by atoms with Crippen LogP contribution in [0.25, 0.3) is 0 Å². The summed E-state index contributed by atoms with van der Waals surface area (Å²) < 4.78 is 3.51. The van der Waals surface area contributed by atoms with Gasteiger partial charge in [-0.25, -0.2) is 0 Å². The average Bonchev–Trinajstić information content (AvgIpc) is 3.19. The number of rotatable bonds is 6. The first-order chi connectivity index (χ1) is 11.2. The molecule has 2 aromatic heterocycles. The van der Waals surface area contributed by atoms with E-state index in [9.17, 15) is 4.79 Å². The largest absolute Gasteiger partial charge is 0.350 e. The van der Waals surface area contributed by atoms with Crippen LogP contribution in [-0.2, 0) is 13.1 Å². The molecule has 0 radical (unpaired) electrons. The maximum absolute atomic E-state index is 12.2. The first-order valence-electron chi connectivity index (χ1n) is 7.23. The number of hydrogen-bond acceptors (Lipinski definition) is 3. The van der Waals surface area contributed by atoms with Crippen molar-refractivity contribution in [2.45, 2.75) is 13.1 Å². The number of amides is 1. The van der Waals surface area contributed by atoms with E-state index in [-0.39, 0.29) is 5.91 Å². The molecule has 0 aliphatic heterocycles. The smallest absolute Gasteiger partial charge is 0.251 e. The zero-order valence-corrected chi connectivity index (χ0v) is 13.1. The third-order valence-corrected chi connectivity index (χ3v) is 3.52. The van der Waals surface area contributed by atoms with E-state index in [1.807, 2.05) is 35.1 Å². The molecule has 118 valence electrons. The van der Waals surface area contributed by atoms with E-state index in [1.54, 1.807) is 29.3 Å². The summed E-state index contributed by atoms with van der Waals surface area (Å²) in [5.41, 5.74) is 1.66. The van der Waals surface area contributed by atoms with Gasteiger partial charge >= 0.3 is 0 Å². The van der Waals surface area contributed by atoms with Crippen LogP contribution in [0.15, 0.2) is 55.1 Å². The van der Waals surface area contributed by atoms with E-state index in [4.69, 9.17) is 11.6 Å². The van der Waals surface area contributed by atoms with Crippen molar-refractivity contribution in [2.24, 2.45) is 0 Å². The lowest BCUT2D eigenvalue weighted by molar-refractivity contribution is 0.0952. The van der Waals surface area contributed by atoms with Crippen molar-refractivity contribution in [3.05, 3.63) is 71.3 Å². The molecule has 0 spiro atoms. The topological polar surface area (TPSA) is 64.7 Å². The lowest BCUT2D eigenvalue weighted by Crippen LogP contribution is -2.27. The van der Waals surface area contributed by atoms with Gasteiger partial charge in [0, 0.05) is 30.7 Å². The second-order valence-electron chi connectivity index (χ2n) is 5.08. The Hall–Kier alpha value is -2.60. The minimum atomic E-state index is -0.106. The third kappa shape index (κ3) is 4.20. The second kappa shape index (κ2) is 7.11. The van der Waals surface area contributed by atoms with Crippen LogP contribution in [0.2, 0.25) is 5.02 Å². The van der Waals surface area contributed by atoms with E-state index >= 15 is 0 Å². The molecular weight excluding hydrogens is 314 g/mol. The number of halogens is 1. The van der Waals surface area contributed by atoms with Crippen molar-refractivity contribution in [1.29, 1.82) is 0 Å². The van der Waals surface area contributed by atoms with Crippen LogP contribution in [-0.4, -0.2) is 32.0 Å². The van der Waals surface area contributed by atoms with Crippen LogP contribution in [0.4, 0.5) is 0 Å². The van der Waals surface area contributed by atoms with Gasteiger partial charge in [0.05, 0.1) is 24.3 Å². The molecule has 0 aliphatic rings. The number of hydrogen-bond donors (Lipinski definition) is 1. The molecule has 2 heterocycles. The molecule has 1 N–H and O–H groups in total. The van der Waals surface area contributed by atoms with Crippen LogP contribution in [0.3, 0.4) is 0 Å². The second-order valence-corrected chi connectivity index (χ2v) is 5.52. The molecule has 23 heavy (non-hydrogen) atoms. The summed E-state index contributed by atoms with van der Waals surface area (Å²) >= 11 is 5.80. The molecule has 1 aromatic carbocycles. The van der Waals surface area contributed by atoms with E-state index in [0.717, 1.165) is 5.56 Å². The van der Waals surface area contributed by atoms with Crippen molar-refractivity contribution in [3.8, 4) is 0 Å². The van der Waals surface area contributed by atoms with Gasteiger partial charge in [0.1, 0.15) is 0 Å². The summed E-state index contributed by atoms with van der Waals surface area (Å²) in [7, 11) is 0. The summed E-state index contributed by atoms with van der Waals surface area (Å²) in [4.78, 5) is 12.2. The predicted molar refractivity (Wildman–Crippen MR) is 87.3 cm³/mol. The van der Waals surface area contributed by atoms with Crippen LogP contribution >= 0.6 is 11.6 Å². The average molecular weight is 330 g/mol. The predicted octanol–water partition coefficient (Wildman–Crippen LogP) is 2.21. The summed E-state index contributed by atoms with van der Waals surface area (Å²) in [6.45, 7) is 1.70. The molecule has 0 saturated heterocycles. The van der Waals surface area contributed by atoms with Gasteiger partial charge in [-0.1, -0.05) is 23.7 Å². The van der Waals surface area contributed by atoms with Crippen molar-refractivity contribution in [3.63, 3.8) is 0 Å². The Bertz CT molecular complexity index is 781. The van der Waals surface area contributed by atoms with Gasteiger partial charge in [-0.05, 0) is 23.8 Å². The normalized spacial score (nSPS) is 10.7. The number of aromatic nitrogens is 4. The molecule has 0 saturated carbocycles. The lowest BCUT2D eigenvalue weighted by Gasteiger charge is -2.07. The monoisotopic (exact) mass is 329 g/mol. The fourth-order valence-corrected chi connectivity index (χ4v) is 2.39. The lowest BCUT2D eigenvalue weighted by atomic mass is 10.1. The minimum absolute atomic E-state index is 0.106. The summed E-state index contributed by atoms with van der Waals surface area (Å²) in [5, 5.41) is 11.7. The van der Waals surface area contributed by atoms with Crippen LogP contribution in [0.5, 0.6) is 0 Å². The van der Waals surface area contributed by atoms with Crippen molar-refractivity contribution in [1.82, 2.24) is 24.9 Å². The zero-order valence-electron chi connectivity index (χ0n) is 12.4. The third-order valence-electron chi connectivity index (χ3n) is 3.32. The molecule has 3 aromatic rings. The van der Waals surface area contributed by atoms with Gasteiger partial charge in [-0.2, -0.15) is 10.2 Å². The number of carbonyl (C=O) groups is 1. The molecule has 0 atom stereocenters. The van der Waals surface area contributed by atoms with Crippen molar-refractivity contribution in [2.75, 3.05) is 6.54 Å². The summed E-state index contributed by atoms with van der Waals surface area (Å²) in [6, 6.07) is 9.40. The molecule has 0 fully saturated rings. The van der Waals surface area contributed by atoms with Crippen molar-refractivity contribution >= 4 is 17.5 Å².